The molecule has 0 aliphatic heterocycles. The van der Waals surface area contributed by atoms with Crippen LogP contribution in [-0.4, -0.2) is 35.1 Å². The lowest BCUT2D eigenvalue weighted by Gasteiger charge is -2.29. The highest BCUT2D eigenvalue weighted by atomic mass is 19.1. The van der Waals surface area contributed by atoms with E-state index >= 15 is 0 Å². The van der Waals surface area contributed by atoms with Crippen LogP contribution < -0.4 is 10.6 Å². The second-order valence-electron chi connectivity index (χ2n) is 6.93. The molecule has 0 spiro atoms. The van der Waals surface area contributed by atoms with Crippen molar-refractivity contribution in [3.63, 3.8) is 0 Å². The Morgan fingerprint density at radius 3 is 2.17 bits per heavy atom. The lowest BCUT2D eigenvalue weighted by Crippen LogP contribution is -2.53. The van der Waals surface area contributed by atoms with E-state index in [2.05, 4.69) is 10.6 Å². The van der Waals surface area contributed by atoms with Crippen molar-refractivity contribution >= 4 is 11.8 Å². The summed E-state index contributed by atoms with van der Waals surface area (Å²) in [5.41, 5.74) is -0.748. The van der Waals surface area contributed by atoms with Crippen LogP contribution in [0.15, 0.2) is 24.3 Å². The zero-order chi connectivity index (χ0) is 18.5. The van der Waals surface area contributed by atoms with E-state index in [-0.39, 0.29) is 29.9 Å². The fourth-order valence-electron chi connectivity index (χ4n) is 1.94. The summed E-state index contributed by atoms with van der Waals surface area (Å²) in [4.78, 5) is 24.6. The maximum Gasteiger partial charge on any atom is 0.251 e. The van der Waals surface area contributed by atoms with Crippen LogP contribution in [-0.2, 0) is 4.79 Å². The molecule has 5 nitrogen and oxygen atoms in total. The van der Waals surface area contributed by atoms with E-state index in [0.29, 0.717) is 0 Å². The molecule has 0 heterocycles. The summed E-state index contributed by atoms with van der Waals surface area (Å²) in [7, 11) is 0. The SMILES string of the molecule is CC(C)C(NC(=O)c1ccc(F)cc1)C(=O)NCC(C)(O)C(C)C. The second-order valence-corrected chi connectivity index (χ2v) is 6.93. The molecule has 2 unspecified atom stereocenters. The van der Waals surface area contributed by atoms with Crippen molar-refractivity contribution in [2.24, 2.45) is 11.8 Å². The number of nitrogens with one attached hydrogen (secondary N) is 2. The molecule has 0 aromatic heterocycles. The predicted octanol–water partition coefficient (Wildman–Crippen LogP) is 2.10. The third-order valence-corrected chi connectivity index (χ3v) is 4.21. The number of benzene rings is 1. The third kappa shape index (κ3) is 5.60. The number of hydrogen-bond donors (Lipinski definition) is 3. The van der Waals surface area contributed by atoms with E-state index < -0.39 is 23.4 Å². The summed E-state index contributed by atoms with van der Waals surface area (Å²) in [5.74, 6) is -1.40. The fourth-order valence-corrected chi connectivity index (χ4v) is 1.94. The molecule has 0 saturated heterocycles. The molecular formula is C18H27FN2O3. The van der Waals surface area contributed by atoms with Gasteiger partial charge in [0.15, 0.2) is 0 Å². The van der Waals surface area contributed by atoms with Crippen molar-refractivity contribution < 1.29 is 19.1 Å². The van der Waals surface area contributed by atoms with Crippen LogP contribution in [0.2, 0.25) is 0 Å². The number of halogens is 1. The normalized spacial score (nSPS) is 15.0. The lowest BCUT2D eigenvalue weighted by atomic mass is 9.92. The Kier molecular flexibility index (Phi) is 6.90. The summed E-state index contributed by atoms with van der Waals surface area (Å²) >= 11 is 0. The van der Waals surface area contributed by atoms with Crippen molar-refractivity contribution in [2.75, 3.05) is 6.54 Å². The van der Waals surface area contributed by atoms with Crippen LogP contribution >= 0.6 is 0 Å². The minimum Gasteiger partial charge on any atom is -0.388 e. The highest BCUT2D eigenvalue weighted by molar-refractivity contribution is 5.97. The molecule has 0 radical (unpaired) electrons. The van der Waals surface area contributed by atoms with Gasteiger partial charge in [0.1, 0.15) is 11.9 Å². The monoisotopic (exact) mass is 338 g/mol. The molecule has 0 bridgehead atoms. The molecule has 24 heavy (non-hydrogen) atoms. The van der Waals surface area contributed by atoms with Crippen molar-refractivity contribution in [2.45, 2.75) is 46.3 Å². The Bertz CT molecular complexity index is 568. The van der Waals surface area contributed by atoms with Crippen LogP contribution in [0.1, 0.15) is 45.0 Å². The number of rotatable bonds is 7. The average molecular weight is 338 g/mol. The molecule has 2 amide bonds. The van der Waals surface area contributed by atoms with Gasteiger partial charge in [0.05, 0.1) is 5.60 Å². The largest absolute Gasteiger partial charge is 0.388 e. The zero-order valence-corrected chi connectivity index (χ0v) is 14.9. The quantitative estimate of drug-likeness (QED) is 0.712. The van der Waals surface area contributed by atoms with Gasteiger partial charge in [-0.15, -0.1) is 0 Å². The van der Waals surface area contributed by atoms with E-state index in [4.69, 9.17) is 0 Å². The van der Waals surface area contributed by atoms with Gasteiger partial charge in [0, 0.05) is 12.1 Å². The van der Waals surface area contributed by atoms with Crippen molar-refractivity contribution in [1.82, 2.24) is 10.6 Å². The smallest absolute Gasteiger partial charge is 0.251 e. The summed E-state index contributed by atoms with van der Waals surface area (Å²) in [6.45, 7) is 9.11. The Hall–Kier alpha value is -1.95. The van der Waals surface area contributed by atoms with Gasteiger partial charge in [0.25, 0.3) is 5.91 Å². The van der Waals surface area contributed by atoms with Crippen LogP contribution in [0.4, 0.5) is 4.39 Å². The Balaban J connectivity index is 2.74. The van der Waals surface area contributed by atoms with Gasteiger partial charge < -0.3 is 15.7 Å². The minimum atomic E-state index is -1.03. The number of carbonyl (C=O) groups is 2. The first kappa shape index (κ1) is 20.1. The van der Waals surface area contributed by atoms with Gasteiger partial charge in [-0.2, -0.15) is 0 Å². The Morgan fingerprint density at radius 1 is 1.17 bits per heavy atom. The molecule has 1 rings (SSSR count). The number of amides is 2. The maximum absolute atomic E-state index is 12.9. The molecule has 0 saturated carbocycles. The second kappa shape index (κ2) is 8.24. The lowest BCUT2D eigenvalue weighted by molar-refractivity contribution is -0.125. The molecule has 3 N–H and O–H groups in total. The highest BCUT2D eigenvalue weighted by Crippen LogP contribution is 2.15. The van der Waals surface area contributed by atoms with Gasteiger partial charge >= 0.3 is 0 Å². The van der Waals surface area contributed by atoms with Crippen molar-refractivity contribution in [1.29, 1.82) is 0 Å². The molecule has 6 heteroatoms. The van der Waals surface area contributed by atoms with Crippen molar-refractivity contribution in [3.8, 4) is 0 Å². The van der Waals surface area contributed by atoms with Crippen LogP contribution in [0.5, 0.6) is 0 Å². The van der Waals surface area contributed by atoms with Gasteiger partial charge in [-0.1, -0.05) is 27.7 Å². The first-order valence-corrected chi connectivity index (χ1v) is 8.11. The topological polar surface area (TPSA) is 78.4 Å². The molecule has 0 fully saturated rings. The Labute approximate surface area is 142 Å². The molecule has 1 aromatic carbocycles. The van der Waals surface area contributed by atoms with Crippen LogP contribution in [0.3, 0.4) is 0 Å². The van der Waals surface area contributed by atoms with Crippen molar-refractivity contribution in [3.05, 3.63) is 35.6 Å². The zero-order valence-electron chi connectivity index (χ0n) is 14.9. The standard InChI is InChI=1S/C18H27FN2O3/c1-11(2)15(17(23)20-10-18(5,24)12(3)4)21-16(22)13-6-8-14(19)9-7-13/h6-9,11-12,15,24H,10H2,1-5H3,(H,20,23)(H,21,22). The van der Waals surface area contributed by atoms with E-state index in [1.807, 2.05) is 27.7 Å². The highest BCUT2D eigenvalue weighted by Gasteiger charge is 2.29. The Morgan fingerprint density at radius 2 is 1.71 bits per heavy atom. The van der Waals surface area contributed by atoms with Gasteiger partial charge in [0.2, 0.25) is 5.91 Å². The van der Waals surface area contributed by atoms with E-state index in [0.717, 1.165) is 0 Å². The molecule has 0 aliphatic carbocycles. The van der Waals surface area contributed by atoms with E-state index in [1.54, 1.807) is 6.92 Å². The van der Waals surface area contributed by atoms with E-state index in [1.165, 1.54) is 24.3 Å². The van der Waals surface area contributed by atoms with E-state index in [9.17, 15) is 19.1 Å². The average Bonchev–Trinajstić information content (AvgIpc) is 2.50. The fraction of sp³-hybridized carbons (Fsp3) is 0.556. The van der Waals surface area contributed by atoms with Gasteiger partial charge in [-0.25, -0.2) is 4.39 Å². The molecule has 2 atom stereocenters. The first-order valence-electron chi connectivity index (χ1n) is 8.11. The number of hydrogen-bond acceptors (Lipinski definition) is 3. The molecular weight excluding hydrogens is 311 g/mol. The van der Waals surface area contributed by atoms with Gasteiger partial charge in [-0.05, 0) is 43.0 Å². The summed E-state index contributed by atoms with van der Waals surface area (Å²) in [6.07, 6.45) is 0. The summed E-state index contributed by atoms with van der Waals surface area (Å²) in [6, 6.07) is 4.37. The first-order chi connectivity index (χ1) is 11.0. The number of carbonyl (C=O) groups excluding carboxylic acids is 2. The molecule has 0 aliphatic rings. The predicted molar refractivity (Wildman–Crippen MR) is 91.0 cm³/mol. The summed E-state index contributed by atoms with van der Waals surface area (Å²) < 4.78 is 12.9. The third-order valence-electron chi connectivity index (χ3n) is 4.21. The minimum absolute atomic E-state index is 0.0240. The number of aliphatic hydroxyl groups is 1. The van der Waals surface area contributed by atoms with Crippen LogP contribution in [0.25, 0.3) is 0 Å². The maximum atomic E-state index is 12.9. The molecule has 134 valence electrons. The van der Waals surface area contributed by atoms with Gasteiger partial charge in [-0.3, -0.25) is 9.59 Å². The summed E-state index contributed by atoms with van der Waals surface area (Å²) in [5, 5.41) is 15.6. The molecule has 1 aromatic rings. The van der Waals surface area contributed by atoms with Crippen LogP contribution in [0, 0.1) is 17.7 Å².